The Morgan fingerprint density at radius 3 is 1.38 bits per heavy atom. The number of halogens is 2. The lowest BCUT2D eigenvalue weighted by atomic mass is 9.90. The lowest BCUT2D eigenvalue weighted by molar-refractivity contribution is -0.111. The molecule has 2 N–H and O–H groups in total. The van der Waals surface area contributed by atoms with E-state index in [-0.39, 0.29) is 35.3 Å². The highest BCUT2D eigenvalue weighted by atomic mass is 19.1. The van der Waals surface area contributed by atoms with Crippen LogP contribution in [0.5, 0.6) is 11.5 Å². The average molecular weight is 651 g/mol. The fourth-order valence-electron chi connectivity index (χ4n) is 6.20. The third kappa shape index (κ3) is 6.88. The number of amides is 2. The van der Waals surface area contributed by atoms with Gasteiger partial charge in [-0.15, -0.1) is 0 Å². The molecule has 2 heterocycles. The Morgan fingerprint density at radius 1 is 0.604 bits per heavy atom. The van der Waals surface area contributed by atoms with Gasteiger partial charge in [-0.2, -0.15) is 0 Å². The van der Waals surface area contributed by atoms with E-state index in [1.54, 1.807) is 32.4 Å². The van der Waals surface area contributed by atoms with E-state index in [2.05, 4.69) is 38.3 Å². The quantitative estimate of drug-likeness (QED) is 0.204. The predicted molar refractivity (Wildman–Crippen MR) is 189 cm³/mol. The highest BCUT2D eigenvalue weighted by Crippen LogP contribution is 2.39. The second-order valence-corrected chi connectivity index (χ2v) is 12.6. The number of anilines is 2. The van der Waals surface area contributed by atoms with Crippen LogP contribution in [-0.2, 0) is 9.59 Å². The van der Waals surface area contributed by atoms with Crippen molar-refractivity contribution < 1.29 is 27.8 Å². The lowest BCUT2D eigenvalue weighted by Crippen LogP contribution is -2.04. The third-order valence-corrected chi connectivity index (χ3v) is 8.45. The summed E-state index contributed by atoms with van der Waals surface area (Å²) < 4.78 is 38.1. The van der Waals surface area contributed by atoms with Crippen molar-refractivity contribution in [3.05, 3.63) is 117 Å². The first-order valence-corrected chi connectivity index (χ1v) is 15.8. The molecule has 0 aromatic heterocycles. The van der Waals surface area contributed by atoms with Crippen molar-refractivity contribution in [2.45, 2.75) is 53.4 Å². The molecular weight excluding hydrogens is 610 g/mol. The van der Waals surface area contributed by atoms with Gasteiger partial charge in [0.25, 0.3) is 11.8 Å². The van der Waals surface area contributed by atoms with Gasteiger partial charge >= 0.3 is 0 Å². The Hall–Kier alpha value is -5.24. The first-order valence-electron chi connectivity index (χ1n) is 15.8. The van der Waals surface area contributed by atoms with Crippen molar-refractivity contribution in [1.82, 2.24) is 0 Å². The maximum Gasteiger partial charge on any atom is 0.256 e. The molecule has 0 saturated heterocycles. The molecule has 0 atom stereocenters. The number of fused-ring (bicyclic) bond motifs is 2. The smallest absolute Gasteiger partial charge is 0.256 e. The molecule has 4 aromatic rings. The van der Waals surface area contributed by atoms with Crippen molar-refractivity contribution in [1.29, 1.82) is 0 Å². The van der Waals surface area contributed by atoms with Crippen molar-refractivity contribution >= 4 is 46.5 Å². The zero-order valence-electron chi connectivity index (χ0n) is 28.5. The van der Waals surface area contributed by atoms with Gasteiger partial charge in [-0.05, 0) is 132 Å². The van der Waals surface area contributed by atoms with Gasteiger partial charge in [-0.1, -0.05) is 27.7 Å². The molecule has 0 spiro atoms. The monoisotopic (exact) mass is 650 g/mol. The fraction of sp³-hybridized carbons (Fsp3) is 0.250. The van der Waals surface area contributed by atoms with E-state index in [9.17, 15) is 18.4 Å². The standard InChI is InChI=1S/C22H24FNO2.C18H16FNO2/c1-12(2)16-8-14(9-17(13(3)4)21(16)26-5)10-19-18-11-15(23)6-7-20(18)24-22(19)25;1-10-6-12(7-11(2)17(10)22-3)8-15-14-9-13(19)4-5-16(14)20-18(15)21/h6-13H,1-5H3,(H,24,25);4-9H,1-3H3,(H,20,21). The van der Waals surface area contributed by atoms with Crippen LogP contribution in [-0.4, -0.2) is 26.0 Å². The highest BCUT2D eigenvalue weighted by Gasteiger charge is 2.26. The van der Waals surface area contributed by atoms with Crippen LogP contribution in [0.4, 0.5) is 20.2 Å². The van der Waals surface area contributed by atoms with Gasteiger partial charge in [0.1, 0.15) is 23.1 Å². The molecule has 0 bridgehead atoms. The molecule has 2 aliphatic heterocycles. The molecular formula is C40H40F2N2O4. The molecule has 248 valence electrons. The van der Waals surface area contributed by atoms with Crippen LogP contribution >= 0.6 is 0 Å². The summed E-state index contributed by atoms with van der Waals surface area (Å²) in [4.78, 5) is 24.5. The summed E-state index contributed by atoms with van der Waals surface area (Å²) in [7, 11) is 3.32. The molecule has 6 nitrogen and oxygen atoms in total. The largest absolute Gasteiger partial charge is 0.496 e. The first kappa shape index (κ1) is 34.1. The number of carbonyl (C=O) groups excluding carboxylic acids is 2. The molecule has 0 fully saturated rings. The molecule has 4 aromatic carbocycles. The van der Waals surface area contributed by atoms with E-state index in [0.717, 1.165) is 44.9 Å². The molecule has 2 aliphatic rings. The Labute approximate surface area is 280 Å². The van der Waals surface area contributed by atoms with Crippen LogP contribution in [0.15, 0.2) is 60.7 Å². The Kier molecular flexibility index (Phi) is 9.85. The van der Waals surface area contributed by atoms with Crippen LogP contribution < -0.4 is 20.1 Å². The number of aryl methyl sites for hydroxylation is 2. The zero-order valence-corrected chi connectivity index (χ0v) is 28.5. The van der Waals surface area contributed by atoms with Gasteiger partial charge in [0.2, 0.25) is 0 Å². The Morgan fingerprint density at radius 2 is 1.00 bits per heavy atom. The van der Waals surface area contributed by atoms with E-state index >= 15 is 0 Å². The maximum atomic E-state index is 13.7. The fourth-order valence-corrected chi connectivity index (χ4v) is 6.20. The number of methoxy groups -OCH3 is 2. The SMILES string of the molecule is COc1c(C(C)C)cc(C=C2C(=O)Nc3ccc(F)cc32)cc1C(C)C.COc1c(C)cc(C=C2C(=O)Nc3ccc(F)cc32)cc1C. The van der Waals surface area contributed by atoms with E-state index in [1.165, 1.54) is 24.3 Å². The molecule has 0 aliphatic carbocycles. The van der Waals surface area contributed by atoms with E-state index in [0.29, 0.717) is 33.6 Å². The summed E-state index contributed by atoms with van der Waals surface area (Å²) in [5.41, 5.74) is 9.42. The van der Waals surface area contributed by atoms with Gasteiger partial charge in [-0.3, -0.25) is 9.59 Å². The van der Waals surface area contributed by atoms with Crippen LogP contribution in [0.25, 0.3) is 23.3 Å². The van der Waals surface area contributed by atoms with Crippen LogP contribution in [0.3, 0.4) is 0 Å². The van der Waals surface area contributed by atoms with Gasteiger partial charge in [-0.25, -0.2) is 8.78 Å². The topological polar surface area (TPSA) is 76.7 Å². The minimum Gasteiger partial charge on any atom is -0.496 e. The summed E-state index contributed by atoms with van der Waals surface area (Å²) in [5.74, 6) is 1.16. The highest BCUT2D eigenvalue weighted by molar-refractivity contribution is 6.35. The van der Waals surface area contributed by atoms with Crippen LogP contribution in [0.2, 0.25) is 0 Å². The Balaban J connectivity index is 0.000000190. The van der Waals surface area contributed by atoms with Crippen molar-refractivity contribution in [2.24, 2.45) is 0 Å². The van der Waals surface area contributed by atoms with E-state index < -0.39 is 0 Å². The second kappa shape index (κ2) is 13.9. The Bertz CT molecular complexity index is 1940. The number of nitrogens with one attached hydrogen (secondary N) is 2. The molecule has 2 amide bonds. The summed E-state index contributed by atoms with van der Waals surface area (Å²) in [5, 5.41) is 5.54. The van der Waals surface area contributed by atoms with Crippen molar-refractivity contribution in [2.75, 3.05) is 24.9 Å². The number of rotatable bonds is 6. The summed E-state index contributed by atoms with van der Waals surface area (Å²) in [6, 6.07) is 16.6. The van der Waals surface area contributed by atoms with Gasteiger partial charge in [0, 0.05) is 33.6 Å². The number of carbonyl (C=O) groups is 2. The van der Waals surface area contributed by atoms with E-state index in [1.807, 2.05) is 44.2 Å². The van der Waals surface area contributed by atoms with Crippen LogP contribution in [0.1, 0.15) is 84.0 Å². The van der Waals surface area contributed by atoms with Gasteiger partial charge < -0.3 is 20.1 Å². The minimum absolute atomic E-state index is 0.210. The second-order valence-electron chi connectivity index (χ2n) is 12.6. The molecule has 0 saturated carbocycles. The minimum atomic E-state index is -0.358. The average Bonchev–Trinajstić information content (AvgIpc) is 3.50. The first-order chi connectivity index (χ1) is 22.8. The maximum absolute atomic E-state index is 13.7. The van der Waals surface area contributed by atoms with E-state index in [4.69, 9.17) is 9.47 Å². The van der Waals surface area contributed by atoms with Gasteiger partial charge in [0.15, 0.2) is 0 Å². The molecule has 6 rings (SSSR count). The molecule has 0 unspecified atom stereocenters. The molecule has 8 heteroatoms. The van der Waals surface area contributed by atoms with Crippen LogP contribution in [0, 0.1) is 25.5 Å². The van der Waals surface area contributed by atoms with Crippen molar-refractivity contribution in [3.8, 4) is 11.5 Å². The van der Waals surface area contributed by atoms with Gasteiger partial charge in [0.05, 0.1) is 14.2 Å². The lowest BCUT2D eigenvalue weighted by Gasteiger charge is -2.19. The molecule has 48 heavy (non-hydrogen) atoms. The normalized spacial score (nSPS) is 14.9. The zero-order chi connectivity index (χ0) is 34.9. The number of benzene rings is 4. The van der Waals surface area contributed by atoms with Crippen molar-refractivity contribution in [3.63, 3.8) is 0 Å². The number of hydrogen-bond donors (Lipinski definition) is 2. The third-order valence-electron chi connectivity index (χ3n) is 8.45. The summed E-state index contributed by atoms with van der Waals surface area (Å²) >= 11 is 0. The molecule has 0 radical (unpaired) electrons. The predicted octanol–water partition coefficient (Wildman–Crippen LogP) is 9.52. The summed E-state index contributed by atoms with van der Waals surface area (Å²) in [6.45, 7) is 12.4. The number of ether oxygens (including phenoxy) is 2. The summed E-state index contributed by atoms with van der Waals surface area (Å²) in [6.07, 6.45) is 3.61. The number of hydrogen-bond acceptors (Lipinski definition) is 4.